The standard InChI is InChI=1S/C10H17N3O2/c1-4-13-5-8(11)9(12-13)10(14)15-6-7(2)3/h5,7H,4,6,11H2,1-3H3. The van der Waals surface area contributed by atoms with E-state index in [2.05, 4.69) is 5.10 Å². The first kappa shape index (κ1) is 11.6. The number of hydrogen-bond acceptors (Lipinski definition) is 4. The van der Waals surface area contributed by atoms with Crippen LogP contribution in [0.15, 0.2) is 6.20 Å². The summed E-state index contributed by atoms with van der Waals surface area (Å²) in [5.41, 5.74) is 6.21. The second-order valence-electron chi connectivity index (χ2n) is 3.78. The zero-order valence-corrected chi connectivity index (χ0v) is 9.36. The van der Waals surface area contributed by atoms with E-state index in [9.17, 15) is 4.79 Å². The minimum absolute atomic E-state index is 0.206. The molecule has 1 heterocycles. The summed E-state index contributed by atoms with van der Waals surface area (Å²) < 4.78 is 6.65. The predicted octanol–water partition coefficient (Wildman–Crippen LogP) is 1.30. The zero-order chi connectivity index (χ0) is 11.4. The predicted molar refractivity (Wildman–Crippen MR) is 57.4 cm³/mol. The van der Waals surface area contributed by atoms with Crippen LogP contribution in [0.2, 0.25) is 0 Å². The maximum absolute atomic E-state index is 11.5. The first-order chi connectivity index (χ1) is 7.04. The molecule has 0 aliphatic heterocycles. The van der Waals surface area contributed by atoms with Gasteiger partial charge in [-0.15, -0.1) is 0 Å². The minimum Gasteiger partial charge on any atom is -0.461 e. The third-order valence-electron chi connectivity index (χ3n) is 1.86. The average Bonchev–Trinajstić information content (AvgIpc) is 2.56. The number of anilines is 1. The van der Waals surface area contributed by atoms with Crippen molar-refractivity contribution in [2.24, 2.45) is 5.92 Å². The van der Waals surface area contributed by atoms with Gasteiger partial charge in [0.05, 0.1) is 12.3 Å². The number of esters is 1. The highest BCUT2D eigenvalue weighted by Crippen LogP contribution is 2.11. The maximum atomic E-state index is 11.5. The number of ether oxygens (including phenoxy) is 1. The topological polar surface area (TPSA) is 70.1 Å². The Morgan fingerprint density at radius 2 is 2.33 bits per heavy atom. The molecule has 1 aromatic heterocycles. The molecular weight excluding hydrogens is 194 g/mol. The molecule has 0 aromatic carbocycles. The number of aromatic nitrogens is 2. The van der Waals surface area contributed by atoms with Gasteiger partial charge in [-0.25, -0.2) is 4.79 Å². The summed E-state index contributed by atoms with van der Waals surface area (Å²) in [6.07, 6.45) is 1.63. The molecule has 0 unspecified atom stereocenters. The number of rotatable bonds is 4. The first-order valence-electron chi connectivity index (χ1n) is 5.04. The number of carbonyl (C=O) groups excluding carboxylic acids is 1. The second-order valence-corrected chi connectivity index (χ2v) is 3.78. The van der Waals surface area contributed by atoms with E-state index in [1.165, 1.54) is 0 Å². The third-order valence-corrected chi connectivity index (χ3v) is 1.86. The molecule has 0 fully saturated rings. The van der Waals surface area contributed by atoms with Crippen molar-refractivity contribution in [2.45, 2.75) is 27.3 Å². The number of nitrogens with zero attached hydrogens (tertiary/aromatic N) is 2. The van der Waals surface area contributed by atoms with Crippen molar-refractivity contribution in [3.8, 4) is 0 Å². The second kappa shape index (κ2) is 4.82. The summed E-state index contributed by atoms with van der Waals surface area (Å²) in [6.45, 7) is 6.94. The molecule has 0 aliphatic carbocycles. The van der Waals surface area contributed by atoms with Crippen LogP contribution in [0.25, 0.3) is 0 Å². The van der Waals surface area contributed by atoms with Crippen LogP contribution in [0.1, 0.15) is 31.3 Å². The van der Waals surface area contributed by atoms with Crippen LogP contribution in [0, 0.1) is 5.92 Å². The largest absolute Gasteiger partial charge is 0.461 e. The molecule has 1 rings (SSSR count). The van der Waals surface area contributed by atoms with Crippen LogP contribution in [0.3, 0.4) is 0 Å². The molecule has 1 aromatic rings. The van der Waals surface area contributed by atoms with E-state index < -0.39 is 5.97 Å². The van der Waals surface area contributed by atoms with Gasteiger partial charge >= 0.3 is 5.97 Å². The van der Waals surface area contributed by atoms with E-state index in [1.54, 1.807) is 10.9 Å². The van der Waals surface area contributed by atoms with Gasteiger partial charge in [0.15, 0.2) is 5.69 Å². The summed E-state index contributed by atoms with van der Waals surface area (Å²) in [4.78, 5) is 11.5. The van der Waals surface area contributed by atoms with E-state index >= 15 is 0 Å². The number of nitrogens with two attached hydrogens (primary N) is 1. The monoisotopic (exact) mass is 211 g/mol. The molecular formula is C10H17N3O2. The van der Waals surface area contributed by atoms with Crippen molar-refractivity contribution in [1.29, 1.82) is 0 Å². The Labute approximate surface area is 89.2 Å². The minimum atomic E-state index is -0.451. The van der Waals surface area contributed by atoms with Crippen molar-refractivity contribution in [3.05, 3.63) is 11.9 Å². The van der Waals surface area contributed by atoms with E-state index in [-0.39, 0.29) is 5.69 Å². The highest BCUT2D eigenvalue weighted by Gasteiger charge is 2.16. The molecule has 0 saturated heterocycles. The summed E-state index contributed by atoms with van der Waals surface area (Å²) in [7, 11) is 0. The lowest BCUT2D eigenvalue weighted by atomic mass is 10.2. The molecule has 5 nitrogen and oxygen atoms in total. The van der Waals surface area contributed by atoms with Gasteiger partial charge in [0.25, 0.3) is 0 Å². The SMILES string of the molecule is CCn1cc(N)c(C(=O)OCC(C)C)n1. The molecule has 0 saturated carbocycles. The number of aryl methyl sites for hydroxylation is 1. The van der Waals surface area contributed by atoms with Gasteiger partial charge < -0.3 is 10.5 Å². The number of hydrogen-bond donors (Lipinski definition) is 1. The molecule has 5 heteroatoms. The smallest absolute Gasteiger partial charge is 0.361 e. The lowest BCUT2D eigenvalue weighted by Gasteiger charge is -2.05. The summed E-state index contributed by atoms with van der Waals surface area (Å²) in [5.74, 6) is -0.142. The Bertz CT molecular complexity index is 344. The van der Waals surface area contributed by atoms with Crippen LogP contribution < -0.4 is 5.73 Å². The first-order valence-corrected chi connectivity index (χ1v) is 5.04. The Morgan fingerprint density at radius 1 is 1.67 bits per heavy atom. The van der Waals surface area contributed by atoms with Gasteiger partial charge in [-0.05, 0) is 12.8 Å². The maximum Gasteiger partial charge on any atom is 0.361 e. The normalized spacial score (nSPS) is 10.7. The van der Waals surface area contributed by atoms with Crippen LogP contribution in [-0.4, -0.2) is 22.4 Å². The lowest BCUT2D eigenvalue weighted by molar-refractivity contribution is 0.0452. The van der Waals surface area contributed by atoms with E-state index in [1.807, 2.05) is 20.8 Å². The molecule has 0 amide bonds. The van der Waals surface area contributed by atoms with Crippen molar-refractivity contribution < 1.29 is 9.53 Å². The van der Waals surface area contributed by atoms with Gasteiger partial charge in [-0.3, -0.25) is 4.68 Å². The van der Waals surface area contributed by atoms with Crippen molar-refractivity contribution >= 4 is 11.7 Å². The van der Waals surface area contributed by atoms with E-state index in [4.69, 9.17) is 10.5 Å². The van der Waals surface area contributed by atoms with Gasteiger partial charge in [-0.1, -0.05) is 13.8 Å². The van der Waals surface area contributed by atoms with Gasteiger partial charge in [0.2, 0.25) is 0 Å². The summed E-state index contributed by atoms with van der Waals surface area (Å²) >= 11 is 0. The molecule has 0 spiro atoms. The average molecular weight is 211 g/mol. The Balaban J connectivity index is 2.68. The Hall–Kier alpha value is -1.52. The summed E-state index contributed by atoms with van der Waals surface area (Å²) in [6, 6.07) is 0. The Morgan fingerprint density at radius 3 is 2.80 bits per heavy atom. The zero-order valence-electron chi connectivity index (χ0n) is 9.36. The third kappa shape index (κ3) is 2.97. The van der Waals surface area contributed by atoms with Gasteiger partial charge in [0, 0.05) is 12.7 Å². The number of nitrogen functional groups attached to an aromatic ring is 1. The number of carbonyl (C=O) groups is 1. The Kier molecular flexibility index (Phi) is 3.71. The fourth-order valence-electron chi connectivity index (χ4n) is 1.07. The molecule has 0 aliphatic rings. The fraction of sp³-hybridized carbons (Fsp3) is 0.600. The van der Waals surface area contributed by atoms with Crippen LogP contribution >= 0.6 is 0 Å². The van der Waals surface area contributed by atoms with Crippen LogP contribution in [-0.2, 0) is 11.3 Å². The summed E-state index contributed by atoms with van der Waals surface area (Å²) in [5, 5.41) is 4.02. The molecule has 2 N–H and O–H groups in total. The fourth-order valence-corrected chi connectivity index (χ4v) is 1.07. The van der Waals surface area contributed by atoms with Gasteiger partial charge in [0.1, 0.15) is 0 Å². The lowest BCUT2D eigenvalue weighted by Crippen LogP contribution is -2.12. The molecule has 15 heavy (non-hydrogen) atoms. The van der Waals surface area contributed by atoms with Gasteiger partial charge in [-0.2, -0.15) is 5.10 Å². The van der Waals surface area contributed by atoms with E-state index in [0.717, 1.165) is 0 Å². The quantitative estimate of drug-likeness (QED) is 0.762. The van der Waals surface area contributed by atoms with E-state index in [0.29, 0.717) is 24.8 Å². The van der Waals surface area contributed by atoms with Crippen molar-refractivity contribution in [2.75, 3.05) is 12.3 Å². The molecule has 0 bridgehead atoms. The molecule has 84 valence electrons. The van der Waals surface area contributed by atoms with Crippen LogP contribution in [0.4, 0.5) is 5.69 Å². The highest BCUT2D eigenvalue weighted by atomic mass is 16.5. The van der Waals surface area contributed by atoms with Crippen LogP contribution in [0.5, 0.6) is 0 Å². The van der Waals surface area contributed by atoms with Crippen molar-refractivity contribution in [1.82, 2.24) is 9.78 Å². The van der Waals surface area contributed by atoms with Crippen molar-refractivity contribution in [3.63, 3.8) is 0 Å². The molecule has 0 radical (unpaired) electrons. The molecule has 0 atom stereocenters. The highest BCUT2D eigenvalue weighted by molar-refractivity contribution is 5.92.